The molecule has 1 aromatic heterocycles. The van der Waals surface area contributed by atoms with Crippen molar-refractivity contribution < 1.29 is 0 Å². The van der Waals surface area contributed by atoms with E-state index in [1.807, 2.05) is 17.8 Å². The third-order valence-electron chi connectivity index (χ3n) is 6.02. The molecule has 1 unspecified atom stereocenters. The molecule has 3 heterocycles. The first-order valence-electron chi connectivity index (χ1n) is 10.6. The Morgan fingerprint density at radius 1 is 1.29 bits per heavy atom. The Hall–Kier alpha value is -2.26. The van der Waals surface area contributed by atoms with Crippen molar-refractivity contribution in [3.63, 3.8) is 0 Å². The number of likely N-dealkylation sites (N-methyl/N-ethyl adjacent to an activating group) is 1. The number of fused-ring (bicyclic) bond motifs is 2. The molecule has 2 aliphatic heterocycles. The lowest BCUT2D eigenvalue weighted by molar-refractivity contribution is 0.626. The van der Waals surface area contributed by atoms with Gasteiger partial charge >= 0.3 is 0 Å². The smallest absolute Gasteiger partial charge is 0.160 e. The molecule has 0 amide bonds. The Labute approximate surface area is 189 Å². The van der Waals surface area contributed by atoms with E-state index in [-0.39, 0.29) is 11.5 Å². The minimum atomic E-state index is -2.41. The number of nitriles is 1. The molecule has 2 aromatic rings. The fraction of sp³-hybridized carbons (Fsp3) is 0.435. The van der Waals surface area contributed by atoms with Crippen molar-refractivity contribution in [2.75, 3.05) is 11.9 Å². The lowest BCUT2D eigenvalue weighted by Gasteiger charge is -2.35. The number of aryl methyl sites for hydroxylation is 2. The van der Waals surface area contributed by atoms with E-state index in [0.29, 0.717) is 13.0 Å². The van der Waals surface area contributed by atoms with Crippen molar-refractivity contribution in [2.45, 2.75) is 59.0 Å². The standard InChI is InChI=1S/C23H29N6PS/c1-15(2)27-30(31)19(14-25-22-20(30)16(3)26-29(22)13-9-12-24)21-23(4,5)17-10-7-8-11-18(17)28(21)6/h7-8,10-11,14-15H,9,13H2,1-6H3,(H,27,31)/b21-19+. The Morgan fingerprint density at radius 2 is 2.00 bits per heavy atom. The first kappa shape index (κ1) is 22.0. The number of allylic oxidation sites excluding steroid dienone is 2. The summed E-state index contributed by atoms with van der Waals surface area (Å²) in [6, 6.07) is 11.0. The van der Waals surface area contributed by atoms with Gasteiger partial charge in [-0.1, -0.05) is 43.9 Å². The van der Waals surface area contributed by atoms with E-state index in [2.05, 4.69) is 75.1 Å². The van der Waals surface area contributed by atoms with Gasteiger partial charge in [-0.3, -0.25) is 5.09 Å². The average molecular weight is 453 g/mol. The van der Waals surface area contributed by atoms with Gasteiger partial charge in [0.05, 0.1) is 36.2 Å². The summed E-state index contributed by atoms with van der Waals surface area (Å²) in [5.41, 5.74) is 4.41. The first-order chi connectivity index (χ1) is 14.6. The van der Waals surface area contributed by atoms with Gasteiger partial charge in [0.1, 0.15) is 0 Å². The fourth-order valence-corrected chi connectivity index (χ4v) is 9.67. The summed E-state index contributed by atoms with van der Waals surface area (Å²) < 4.78 is 1.84. The normalized spacial score (nSPS) is 23.7. The van der Waals surface area contributed by atoms with Gasteiger partial charge in [-0.25, -0.2) is 9.67 Å². The van der Waals surface area contributed by atoms with Gasteiger partial charge in [-0.2, -0.15) is 10.4 Å². The van der Waals surface area contributed by atoms with Crippen molar-refractivity contribution in [2.24, 2.45) is 4.99 Å². The molecule has 4 rings (SSSR count). The predicted octanol–water partition coefficient (Wildman–Crippen LogP) is 4.48. The van der Waals surface area contributed by atoms with Crippen LogP contribution in [-0.2, 0) is 23.8 Å². The van der Waals surface area contributed by atoms with Crippen molar-refractivity contribution in [1.29, 1.82) is 5.26 Å². The van der Waals surface area contributed by atoms with Crippen LogP contribution in [0.1, 0.15) is 45.4 Å². The number of para-hydroxylation sites is 1. The summed E-state index contributed by atoms with van der Waals surface area (Å²) in [4.78, 5) is 7.14. The summed E-state index contributed by atoms with van der Waals surface area (Å²) in [7, 11) is 2.12. The summed E-state index contributed by atoms with van der Waals surface area (Å²) in [6.07, 6.45) is -0.0561. The third kappa shape index (κ3) is 3.29. The number of aromatic nitrogens is 2. The number of nitrogens with one attached hydrogen (secondary N) is 1. The first-order valence-corrected chi connectivity index (χ1v) is 13.4. The number of hydrogen-bond acceptors (Lipinski definition) is 5. The number of rotatable bonds is 4. The van der Waals surface area contributed by atoms with Crippen LogP contribution in [0.15, 0.2) is 40.3 Å². The van der Waals surface area contributed by atoms with Gasteiger partial charge in [0.15, 0.2) is 5.82 Å². The summed E-state index contributed by atoms with van der Waals surface area (Å²) in [5, 5.41) is 19.7. The number of nitrogens with zero attached hydrogens (tertiary/aromatic N) is 5. The molecule has 31 heavy (non-hydrogen) atoms. The minimum Gasteiger partial charge on any atom is -0.346 e. The molecule has 0 fully saturated rings. The second-order valence-corrected chi connectivity index (χ2v) is 13.0. The molecule has 0 aliphatic carbocycles. The largest absolute Gasteiger partial charge is 0.346 e. The molecule has 0 spiro atoms. The van der Waals surface area contributed by atoms with E-state index in [9.17, 15) is 0 Å². The van der Waals surface area contributed by atoms with E-state index in [4.69, 9.17) is 27.2 Å². The highest BCUT2D eigenvalue weighted by molar-refractivity contribution is 8.20. The molecular formula is C23H29N6PS. The summed E-state index contributed by atoms with van der Waals surface area (Å²) in [5.74, 6) is 0.796. The molecule has 0 bridgehead atoms. The topological polar surface area (TPSA) is 69.2 Å². The SMILES string of the molecule is Cc1nn(CCC#N)c2c1P(=S)(NC(C)C)/C(=C1/N(C)c3ccccc3C1(C)C)C=N2. The fourth-order valence-electron chi connectivity index (χ4n) is 4.85. The highest BCUT2D eigenvalue weighted by Gasteiger charge is 2.45. The molecule has 1 atom stereocenters. The molecule has 162 valence electrons. The quantitative estimate of drug-likeness (QED) is 0.693. The van der Waals surface area contributed by atoms with Gasteiger partial charge < -0.3 is 4.90 Å². The Bertz CT molecular complexity index is 1200. The Balaban J connectivity index is 1.99. The van der Waals surface area contributed by atoms with Crippen molar-refractivity contribution in [1.82, 2.24) is 14.9 Å². The highest BCUT2D eigenvalue weighted by Crippen LogP contribution is 2.60. The molecule has 0 saturated heterocycles. The number of hydrogen-bond donors (Lipinski definition) is 1. The second-order valence-electron chi connectivity index (χ2n) is 8.98. The van der Waals surface area contributed by atoms with Gasteiger partial charge in [0.25, 0.3) is 0 Å². The number of aliphatic imine (C=N–C) groups is 1. The van der Waals surface area contributed by atoms with Crippen molar-refractivity contribution in [3.05, 3.63) is 46.5 Å². The number of benzene rings is 1. The third-order valence-corrected chi connectivity index (χ3v) is 10.5. The molecule has 8 heteroatoms. The van der Waals surface area contributed by atoms with E-state index < -0.39 is 6.19 Å². The Morgan fingerprint density at radius 3 is 2.65 bits per heavy atom. The summed E-state index contributed by atoms with van der Waals surface area (Å²) >= 11 is 6.53. The van der Waals surface area contributed by atoms with Crippen LogP contribution in [0.3, 0.4) is 0 Å². The number of anilines is 1. The lowest BCUT2D eigenvalue weighted by atomic mass is 9.84. The van der Waals surface area contributed by atoms with Crippen LogP contribution in [0.4, 0.5) is 11.5 Å². The molecule has 6 nitrogen and oxygen atoms in total. The molecule has 0 radical (unpaired) electrons. The van der Waals surface area contributed by atoms with E-state index in [1.165, 1.54) is 16.9 Å². The van der Waals surface area contributed by atoms with E-state index in [0.717, 1.165) is 22.1 Å². The van der Waals surface area contributed by atoms with Crippen LogP contribution in [0.25, 0.3) is 0 Å². The van der Waals surface area contributed by atoms with E-state index in [1.54, 1.807) is 0 Å². The Kier molecular flexibility index (Phi) is 5.46. The van der Waals surface area contributed by atoms with Crippen LogP contribution in [0.5, 0.6) is 0 Å². The maximum atomic E-state index is 9.05. The molecular weight excluding hydrogens is 423 g/mol. The van der Waals surface area contributed by atoms with Crippen molar-refractivity contribution >= 4 is 41.0 Å². The highest BCUT2D eigenvalue weighted by atomic mass is 32.4. The van der Waals surface area contributed by atoms with Gasteiger partial charge in [-0.05, 0) is 32.4 Å². The molecule has 0 saturated carbocycles. The lowest BCUT2D eigenvalue weighted by Crippen LogP contribution is -2.33. The van der Waals surface area contributed by atoms with Crippen LogP contribution in [0.2, 0.25) is 0 Å². The maximum absolute atomic E-state index is 9.05. The van der Waals surface area contributed by atoms with Crippen molar-refractivity contribution in [3.8, 4) is 6.07 Å². The second kappa shape index (κ2) is 7.70. The zero-order valence-electron chi connectivity index (χ0n) is 19.0. The predicted molar refractivity (Wildman–Crippen MR) is 132 cm³/mol. The van der Waals surface area contributed by atoms with Gasteiger partial charge in [-0.15, -0.1) is 0 Å². The zero-order valence-corrected chi connectivity index (χ0v) is 20.7. The van der Waals surface area contributed by atoms with Crippen LogP contribution in [-0.4, -0.2) is 29.1 Å². The van der Waals surface area contributed by atoms with Gasteiger partial charge in [0, 0.05) is 41.4 Å². The maximum Gasteiger partial charge on any atom is 0.160 e. The van der Waals surface area contributed by atoms with Gasteiger partial charge in [0.2, 0.25) is 0 Å². The average Bonchev–Trinajstić information content (AvgIpc) is 3.13. The molecule has 1 aromatic carbocycles. The van der Waals surface area contributed by atoms with Crippen LogP contribution < -0.4 is 15.3 Å². The molecule has 1 N–H and O–H groups in total. The summed E-state index contributed by atoms with van der Waals surface area (Å²) in [6.45, 7) is 11.3. The molecule has 2 aliphatic rings. The van der Waals surface area contributed by atoms with Crippen LogP contribution in [0, 0.1) is 18.3 Å². The monoisotopic (exact) mass is 452 g/mol. The minimum absolute atomic E-state index is 0.197. The van der Waals surface area contributed by atoms with Crippen LogP contribution >= 0.6 is 6.19 Å². The van der Waals surface area contributed by atoms with E-state index >= 15 is 0 Å². The zero-order chi connectivity index (χ0) is 22.6.